The van der Waals surface area contributed by atoms with Crippen LogP contribution in [0.5, 0.6) is 0 Å². The fourth-order valence-corrected chi connectivity index (χ4v) is 1.78. The molecule has 2 atom stereocenters. The van der Waals surface area contributed by atoms with Gasteiger partial charge in [-0.05, 0) is 41.5 Å². The summed E-state index contributed by atoms with van der Waals surface area (Å²) in [6.45, 7) is 10.9. The fourth-order valence-electron chi connectivity index (χ4n) is 1.78. The maximum atomic E-state index is 12.2. The van der Waals surface area contributed by atoms with Crippen molar-refractivity contribution in [1.82, 2.24) is 4.90 Å². The molecule has 0 saturated carbocycles. The Morgan fingerprint density at radius 3 is 2.58 bits per heavy atom. The van der Waals surface area contributed by atoms with Crippen molar-refractivity contribution in [3.8, 4) is 11.8 Å². The zero-order valence-corrected chi connectivity index (χ0v) is 12.5. The highest BCUT2D eigenvalue weighted by Crippen LogP contribution is 2.29. The number of ether oxygens (including phenoxy) is 2. The first-order valence-electron chi connectivity index (χ1n) is 6.38. The van der Waals surface area contributed by atoms with Crippen molar-refractivity contribution in [3.63, 3.8) is 0 Å². The maximum Gasteiger partial charge on any atom is 0.413 e. The number of hydrogen-bond acceptors (Lipinski definition) is 4. The molecule has 0 aromatic rings. The van der Waals surface area contributed by atoms with Crippen molar-refractivity contribution in [2.24, 2.45) is 0 Å². The van der Waals surface area contributed by atoms with Gasteiger partial charge >= 0.3 is 6.09 Å². The van der Waals surface area contributed by atoms with Gasteiger partial charge in [-0.3, -0.25) is 4.90 Å². The van der Waals surface area contributed by atoms with E-state index in [2.05, 4.69) is 11.8 Å². The van der Waals surface area contributed by atoms with Crippen LogP contribution in [0.25, 0.3) is 0 Å². The Balaban J connectivity index is 2.91. The van der Waals surface area contributed by atoms with Gasteiger partial charge in [-0.1, -0.05) is 11.8 Å². The van der Waals surface area contributed by atoms with Crippen LogP contribution in [-0.4, -0.2) is 46.2 Å². The summed E-state index contributed by atoms with van der Waals surface area (Å²) in [5, 5.41) is 9.21. The molecule has 1 unspecified atom stereocenters. The van der Waals surface area contributed by atoms with Crippen molar-refractivity contribution >= 4 is 6.09 Å². The van der Waals surface area contributed by atoms with Crippen LogP contribution >= 0.6 is 0 Å². The summed E-state index contributed by atoms with van der Waals surface area (Å²) in [7, 11) is 0. The average molecular weight is 269 g/mol. The quantitative estimate of drug-likeness (QED) is 0.681. The van der Waals surface area contributed by atoms with Crippen LogP contribution in [0.2, 0.25) is 0 Å². The molecule has 0 bridgehead atoms. The maximum absolute atomic E-state index is 12.2. The number of aliphatic hydroxyl groups is 1. The highest BCUT2D eigenvalue weighted by molar-refractivity contribution is 5.70. The second-order valence-corrected chi connectivity index (χ2v) is 6.09. The van der Waals surface area contributed by atoms with E-state index >= 15 is 0 Å². The van der Waals surface area contributed by atoms with Crippen LogP contribution in [-0.2, 0) is 9.47 Å². The highest BCUT2D eigenvalue weighted by atomic mass is 16.6. The van der Waals surface area contributed by atoms with Crippen molar-refractivity contribution in [3.05, 3.63) is 0 Å². The molecule has 1 N–H and O–H groups in total. The van der Waals surface area contributed by atoms with Gasteiger partial charge in [-0.2, -0.15) is 0 Å². The minimum absolute atomic E-state index is 0.311. The zero-order valence-electron chi connectivity index (χ0n) is 12.5. The number of carbonyl (C=O) groups is 1. The van der Waals surface area contributed by atoms with Gasteiger partial charge in [0.25, 0.3) is 0 Å². The molecule has 108 valence electrons. The van der Waals surface area contributed by atoms with E-state index in [0.29, 0.717) is 6.61 Å². The molecule has 19 heavy (non-hydrogen) atoms. The normalized spacial score (nSPS) is 23.5. The summed E-state index contributed by atoms with van der Waals surface area (Å²) in [5.74, 6) is 5.50. The van der Waals surface area contributed by atoms with E-state index in [-0.39, 0.29) is 0 Å². The Morgan fingerprint density at radius 1 is 1.53 bits per heavy atom. The average Bonchev–Trinajstić information content (AvgIpc) is 2.47. The molecule has 0 radical (unpaired) electrons. The lowest BCUT2D eigenvalue weighted by molar-refractivity contribution is -0.0608. The first-order chi connectivity index (χ1) is 8.53. The van der Waals surface area contributed by atoms with Gasteiger partial charge in [0.2, 0.25) is 0 Å². The number of aliphatic hydroxyl groups excluding tert-OH is 1. The Hall–Kier alpha value is -1.25. The lowest BCUT2D eigenvalue weighted by Crippen LogP contribution is -2.49. The molecular formula is C14H23NO4. The third kappa shape index (κ3) is 4.41. The first kappa shape index (κ1) is 15.8. The SMILES string of the molecule is CC(O)C#C[C@H]1COC(C)(C)N1C(=O)OC(C)(C)C. The second-order valence-electron chi connectivity index (χ2n) is 6.09. The largest absolute Gasteiger partial charge is 0.444 e. The Labute approximate surface area is 114 Å². The summed E-state index contributed by atoms with van der Waals surface area (Å²) < 4.78 is 10.9. The Bertz CT molecular complexity index is 398. The zero-order chi connectivity index (χ0) is 14.8. The summed E-state index contributed by atoms with van der Waals surface area (Å²) in [6, 6.07) is -0.403. The first-order valence-corrected chi connectivity index (χ1v) is 6.38. The molecule has 0 aromatic carbocycles. The summed E-state index contributed by atoms with van der Waals surface area (Å²) in [5.41, 5.74) is -1.33. The van der Waals surface area contributed by atoms with Gasteiger partial charge in [0, 0.05) is 0 Å². The van der Waals surface area contributed by atoms with Crippen LogP contribution in [0.15, 0.2) is 0 Å². The Kier molecular flexibility index (Phi) is 4.49. The van der Waals surface area contributed by atoms with Gasteiger partial charge in [-0.15, -0.1) is 0 Å². The summed E-state index contributed by atoms with van der Waals surface area (Å²) in [6.07, 6.45) is -1.19. The van der Waals surface area contributed by atoms with Crippen LogP contribution in [0, 0.1) is 11.8 Å². The third-order valence-electron chi connectivity index (χ3n) is 2.54. The minimum Gasteiger partial charge on any atom is -0.444 e. The van der Waals surface area contributed by atoms with E-state index in [1.165, 1.54) is 4.90 Å². The van der Waals surface area contributed by atoms with Gasteiger partial charge in [0.1, 0.15) is 23.5 Å². The molecule has 5 heteroatoms. The predicted octanol–water partition coefficient (Wildman–Crippen LogP) is 1.74. The number of rotatable bonds is 0. The molecule has 1 saturated heterocycles. The van der Waals surface area contributed by atoms with Gasteiger partial charge in [0.05, 0.1) is 6.61 Å². The van der Waals surface area contributed by atoms with Crippen LogP contribution in [0.3, 0.4) is 0 Å². The van der Waals surface area contributed by atoms with Crippen molar-refractivity contribution in [2.45, 2.75) is 65.0 Å². The van der Waals surface area contributed by atoms with E-state index in [4.69, 9.17) is 9.47 Å². The fraction of sp³-hybridized carbons (Fsp3) is 0.786. The smallest absolute Gasteiger partial charge is 0.413 e. The lowest BCUT2D eigenvalue weighted by atomic mass is 10.2. The van der Waals surface area contributed by atoms with E-state index in [9.17, 15) is 9.90 Å². The van der Waals surface area contributed by atoms with Crippen molar-refractivity contribution in [2.75, 3.05) is 6.61 Å². The standard InChI is InChI=1S/C14H23NO4/c1-10(16)7-8-11-9-18-14(5,6)15(11)12(17)19-13(2,3)4/h10-11,16H,9H2,1-6H3/t10?,11-/m0/s1. The molecule has 0 aromatic heterocycles. The highest BCUT2D eigenvalue weighted by Gasteiger charge is 2.45. The summed E-state index contributed by atoms with van der Waals surface area (Å²) in [4.78, 5) is 13.7. The molecule has 1 heterocycles. The van der Waals surface area contributed by atoms with Crippen LogP contribution < -0.4 is 0 Å². The van der Waals surface area contributed by atoms with Gasteiger partial charge in [0.15, 0.2) is 0 Å². The molecule has 1 fully saturated rings. The molecule has 0 aliphatic carbocycles. The minimum atomic E-state index is -0.764. The molecule has 0 spiro atoms. The van der Waals surface area contributed by atoms with Crippen molar-refractivity contribution in [1.29, 1.82) is 0 Å². The Morgan fingerprint density at radius 2 is 2.11 bits per heavy atom. The lowest BCUT2D eigenvalue weighted by Gasteiger charge is -2.33. The van der Waals surface area contributed by atoms with E-state index in [1.807, 2.05) is 20.8 Å². The summed E-state index contributed by atoms with van der Waals surface area (Å²) >= 11 is 0. The number of amides is 1. The third-order valence-corrected chi connectivity index (χ3v) is 2.54. The number of nitrogens with zero attached hydrogens (tertiary/aromatic N) is 1. The molecule has 1 aliphatic rings. The monoisotopic (exact) mass is 269 g/mol. The molecular weight excluding hydrogens is 246 g/mol. The van der Waals surface area contributed by atoms with Crippen LogP contribution in [0.1, 0.15) is 41.5 Å². The second kappa shape index (κ2) is 5.40. The molecule has 1 aliphatic heterocycles. The van der Waals surface area contributed by atoms with Crippen LogP contribution in [0.4, 0.5) is 4.79 Å². The predicted molar refractivity (Wildman–Crippen MR) is 71.3 cm³/mol. The molecule has 5 nitrogen and oxygen atoms in total. The van der Waals surface area contributed by atoms with E-state index < -0.39 is 29.6 Å². The van der Waals surface area contributed by atoms with E-state index in [0.717, 1.165) is 0 Å². The van der Waals surface area contributed by atoms with E-state index in [1.54, 1.807) is 20.8 Å². The number of hydrogen-bond donors (Lipinski definition) is 1. The molecule has 1 amide bonds. The van der Waals surface area contributed by atoms with Gasteiger partial charge in [-0.25, -0.2) is 4.79 Å². The van der Waals surface area contributed by atoms with Gasteiger partial charge < -0.3 is 14.6 Å². The van der Waals surface area contributed by atoms with Crippen molar-refractivity contribution < 1.29 is 19.4 Å². The number of carbonyl (C=O) groups excluding carboxylic acids is 1. The topological polar surface area (TPSA) is 59.0 Å². The molecule has 1 rings (SSSR count).